The number of para-hydroxylation sites is 2. The highest BCUT2D eigenvalue weighted by Gasteiger charge is 2.28. The Bertz CT molecular complexity index is 1390. The monoisotopic (exact) mass is 477 g/mol. The van der Waals surface area contributed by atoms with Gasteiger partial charge in [-0.2, -0.15) is 5.10 Å². The fraction of sp³-hybridized carbons (Fsp3) is 0.250. The summed E-state index contributed by atoms with van der Waals surface area (Å²) >= 11 is 1.59. The fourth-order valence-corrected chi connectivity index (χ4v) is 4.53. The number of benzene rings is 1. The number of hydrogen-bond donors (Lipinski definition) is 2. The molecule has 2 amide bonds. The van der Waals surface area contributed by atoms with Gasteiger partial charge in [0.05, 0.1) is 27.7 Å². The largest absolute Gasteiger partial charge is 0.485 e. The molecule has 34 heavy (non-hydrogen) atoms. The number of aromatic nitrogens is 3. The zero-order chi connectivity index (χ0) is 23.8. The van der Waals surface area contributed by atoms with Gasteiger partial charge in [-0.1, -0.05) is 12.1 Å². The van der Waals surface area contributed by atoms with Crippen molar-refractivity contribution in [3.63, 3.8) is 0 Å². The van der Waals surface area contributed by atoms with E-state index < -0.39 is 17.9 Å². The van der Waals surface area contributed by atoms with E-state index in [1.807, 2.05) is 39.0 Å². The number of pyridine rings is 1. The van der Waals surface area contributed by atoms with Crippen LogP contribution in [0, 0.1) is 6.92 Å². The van der Waals surface area contributed by atoms with Crippen LogP contribution in [-0.4, -0.2) is 39.3 Å². The van der Waals surface area contributed by atoms with E-state index >= 15 is 0 Å². The zero-order valence-electron chi connectivity index (χ0n) is 18.9. The number of nitrogens with one attached hydrogen (secondary N) is 2. The number of amides is 2. The minimum absolute atomic E-state index is 0.0429. The van der Waals surface area contributed by atoms with E-state index in [2.05, 4.69) is 16.0 Å². The van der Waals surface area contributed by atoms with Gasteiger partial charge in [-0.15, -0.1) is 11.3 Å². The van der Waals surface area contributed by atoms with Gasteiger partial charge in [0.1, 0.15) is 6.61 Å². The topological polar surface area (TPSA) is 107 Å². The number of nitrogens with zero attached hydrogens (tertiary/aromatic N) is 3. The number of carbonyl (C=O) groups is 2. The number of rotatable bonds is 4. The lowest BCUT2D eigenvalue weighted by atomic mass is 10.1. The van der Waals surface area contributed by atoms with Gasteiger partial charge in [-0.25, -0.2) is 9.67 Å². The first-order valence-corrected chi connectivity index (χ1v) is 11.7. The maximum atomic E-state index is 13.2. The lowest BCUT2D eigenvalue weighted by Crippen LogP contribution is -2.50. The second-order valence-corrected chi connectivity index (χ2v) is 9.48. The smallest absolute Gasteiger partial charge is 0.283 e. The molecular weight excluding hydrogens is 454 g/mol. The molecule has 0 fully saturated rings. The molecule has 10 heteroatoms. The molecule has 0 bridgehead atoms. The molecule has 1 atom stereocenters. The summed E-state index contributed by atoms with van der Waals surface area (Å²) in [6.07, 6.45) is 0.735. The van der Waals surface area contributed by atoms with Crippen LogP contribution in [0.2, 0.25) is 0 Å². The highest BCUT2D eigenvalue weighted by atomic mass is 32.1. The molecule has 9 nitrogen and oxygen atoms in total. The molecule has 0 saturated carbocycles. The van der Waals surface area contributed by atoms with E-state index in [1.165, 1.54) is 0 Å². The summed E-state index contributed by atoms with van der Waals surface area (Å²) in [6.45, 7) is 6.06. The van der Waals surface area contributed by atoms with Crippen LogP contribution in [0.5, 0.6) is 11.5 Å². The van der Waals surface area contributed by atoms with Crippen molar-refractivity contribution in [3.05, 3.63) is 59.1 Å². The number of carbonyl (C=O) groups excluding carboxylic acids is 2. The second kappa shape index (κ2) is 8.79. The zero-order valence-corrected chi connectivity index (χ0v) is 19.7. The van der Waals surface area contributed by atoms with E-state index in [0.29, 0.717) is 33.8 Å². The minimum Gasteiger partial charge on any atom is -0.485 e. The van der Waals surface area contributed by atoms with Crippen molar-refractivity contribution in [1.29, 1.82) is 0 Å². The highest BCUT2D eigenvalue weighted by Crippen LogP contribution is 2.32. The van der Waals surface area contributed by atoms with Crippen molar-refractivity contribution in [2.75, 3.05) is 6.61 Å². The predicted octanol–water partition coefficient (Wildman–Crippen LogP) is 3.65. The molecule has 0 aliphatic carbocycles. The number of hydrazine groups is 1. The van der Waals surface area contributed by atoms with Crippen LogP contribution in [0.15, 0.2) is 48.7 Å². The van der Waals surface area contributed by atoms with Gasteiger partial charge in [0, 0.05) is 10.9 Å². The van der Waals surface area contributed by atoms with Crippen molar-refractivity contribution in [2.24, 2.45) is 0 Å². The van der Waals surface area contributed by atoms with Crippen LogP contribution in [0.1, 0.15) is 35.1 Å². The van der Waals surface area contributed by atoms with Gasteiger partial charge in [-0.05, 0) is 51.1 Å². The van der Waals surface area contributed by atoms with E-state index in [1.54, 1.807) is 46.5 Å². The number of thiophene rings is 1. The van der Waals surface area contributed by atoms with E-state index in [4.69, 9.17) is 14.5 Å². The summed E-state index contributed by atoms with van der Waals surface area (Å²) in [4.78, 5) is 32.7. The molecule has 4 aromatic rings. The van der Waals surface area contributed by atoms with Gasteiger partial charge in [0.25, 0.3) is 11.8 Å². The van der Waals surface area contributed by atoms with Crippen LogP contribution in [-0.2, 0) is 4.79 Å². The molecular formula is C24H23N5O4S. The summed E-state index contributed by atoms with van der Waals surface area (Å²) < 4.78 is 13.1. The molecule has 2 N–H and O–H groups in total. The summed E-state index contributed by atoms with van der Waals surface area (Å²) in [7, 11) is 0. The maximum absolute atomic E-state index is 13.2. The third-order valence-corrected chi connectivity index (χ3v) is 6.42. The first-order valence-electron chi connectivity index (χ1n) is 10.8. The Morgan fingerprint density at radius 1 is 1.15 bits per heavy atom. The molecule has 0 saturated heterocycles. The molecule has 1 aliphatic rings. The van der Waals surface area contributed by atoms with Crippen molar-refractivity contribution < 1.29 is 19.1 Å². The third kappa shape index (κ3) is 4.08. The maximum Gasteiger partial charge on any atom is 0.283 e. The standard InChI is InChI=1S/C24H23N5O4S/c1-13(2)29-22-16(11-25-29)15(10-17(26-22)21-9-8-14(3)34-21)23(30)27-28-24(31)20-12-32-18-6-4-5-7-19(18)33-20/h4-11,13,20H,12H2,1-3H3,(H,27,30)(H,28,31). The molecule has 1 aromatic carbocycles. The summed E-state index contributed by atoms with van der Waals surface area (Å²) in [6, 6.07) is 12.9. The molecule has 1 aliphatic heterocycles. The molecule has 4 heterocycles. The number of fused-ring (bicyclic) bond motifs is 2. The normalized spacial score (nSPS) is 14.9. The van der Waals surface area contributed by atoms with Crippen LogP contribution < -0.4 is 20.3 Å². The summed E-state index contributed by atoms with van der Waals surface area (Å²) in [5, 5.41) is 5.02. The van der Waals surface area contributed by atoms with Crippen molar-refractivity contribution >= 4 is 34.2 Å². The lowest BCUT2D eigenvalue weighted by Gasteiger charge is -2.25. The van der Waals surface area contributed by atoms with Crippen LogP contribution in [0.25, 0.3) is 21.6 Å². The van der Waals surface area contributed by atoms with Crippen molar-refractivity contribution in [3.8, 4) is 22.1 Å². The lowest BCUT2D eigenvalue weighted by molar-refractivity contribution is -0.131. The Kier molecular flexibility index (Phi) is 5.66. The van der Waals surface area contributed by atoms with Crippen molar-refractivity contribution in [2.45, 2.75) is 32.9 Å². The van der Waals surface area contributed by atoms with Gasteiger partial charge in [0.2, 0.25) is 6.10 Å². The second-order valence-electron chi connectivity index (χ2n) is 8.19. The first-order chi connectivity index (χ1) is 16.4. The van der Waals surface area contributed by atoms with Crippen LogP contribution >= 0.6 is 11.3 Å². The summed E-state index contributed by atoms with van der Waals surface area (Å²) in [5.74, 6) is 0.0668. The van der Waals surface area contributed by atoms with Gasteiger partial charge in [0.15, 0.2) is 17.1 Å². The first kappa shape index (κ1) is 21.9. The van der Waals surface area contributed by atoms with Gasteiger partial charge < -0.3 is 9.47 Å². The van der Waals surface area contributed by atoms with E-state index in [9.17, 15) is 9.59 Å². The van der Waals surface area contributed by atoms with E-state index in [0.717, 1.165) is 9.75 Å². The molecule has 174 valence electrons. The average Bonchev–Trinajstić information content (AvgIpc) is 3.47. The fourth-order valence-electron chi connectivity index (χ4n) is 3.70. The molecule has 3 aromatic heterocycles. The van der Waals surface area contributed by atoms with Crippen LogP contribution in [0.3, 0.4) is 0 Å². The number of hydrogen-bond acceptors (Lipinski definition) is 7. The Morgan fingerprint density at radius 3 is 2.68 bits per heavy atom. The highest BCUT2D eigenvalue weighted by molar-refractivity contribution is 7.15. The Morgan fingerprint density at radius 2 is 1.94 bits per heavy atom. The number of ether oxygens (including phenoxy) is 2. The summed E-state index contributed by atoms with van der Waals surface area (Å²) in [5.41, 5.74) is 6.59. The number of aryl methyl sites for hydroxylation is 1. The quantitative estimate of drug-likeness (QED) is 0.435. The van der Waals surface area contributed by atoms with Gasteiger partial charge in [-0.3, -0.25) is 20.4 Å². The Labute approximate surface area is 199 Å². The van der Waals surface area contributed by atoms with E-state index in [-0.39, 0.29) is 12.6 Å². The Hall–Kier alpha value is -3.92. The van der Waals surface area contributed by atoms with Gasteiger partial charge >= 0.3 is 0 Å². The minimum atomic E-state index is -0.888. The third-order valence-electron chi connectivity index (χ3n) is 5.39. The molecule has 0 radical (unpaired) electrons. The average molecular weight is 478 g/mol. The molecule has 1 unspecified atom stereocenters. The predicted molar refractivity (Wildman–Crippen MR) is 128 cm³/mol. The van der Waals surface area contributed by atoms with Crippen LogP contribution in [0.4, 0.5) is 0 Å². The SMILES string of the molecule is Cc1ccc(-c2cc(C(=O)NNC(=O)C3COc4ccccc4O3)c3cnn(C(C)C)c3n2)s1. The van der Waals surface area contributed by atoms with Crippen molar-refractivity contribution in [1.82, 2.24) is 25.6 Å². The Balaban J connectivity index is 1.39. The molecule has 5 rings (SSSR count). The molecule has 0 spiro atoms.